The Hall–Kier alpha value is -1.64. The van der Waals surface area contributed by atoms with Crippen LogP contribution in [0.1, 0.15) is 20.7 Å². The number of imide groups is 1. The second kappa shape index (κ2) is 4.96. The lowest BCUT2D eigenvalue weighted by Gasteiger charge is -2.05. The quantitative estimate of drug-likeness (QED) is 0.277. The highest BCUT2D eigenvalue weighted by molar-refractivity contribution is 7.71. The van der Waals surface area contributed by atoms with Gasteiger partial charge in [0.15, 0.2) is 4.77 Å². The van der Waals surface area contributed by atoms with Crippen molar-refractivity contribution in [3.63, 3.8) is 0 Å². The average molecular weight is 404 g/mol. The number of aromatic amines is 1. The Balaban J connectivity index is 2.24. The van der Waals surface area contributed by atoms with Crippen LogP contribution in [-0.2, 0) is 0 Å². The summed E-state index contributed by atoms with van der Waals surface area (Å²) in [5, 5.41) is 1.68. The van der Waals surface area contributed by atoms with Crippen LogP contribution < -0.4 is 0 Å². The van der Waals surface area contributed by atoms with Gasteiger partial charge in [-0.2, -0.15) is 0 Å². The van der Waals surface area contributed by atoms with E-state index in [1.165, 1.54) is 0 Å². The standard InChI is InChI=1S/C15H11N4O2P3S/c20-13-8-7-5-3-1-2-4-6(5)17(22)11(7)10-12(18(23)15(25)16-10)9(8)14(21)19(13)24/h1-4H,22-24H2,(H,16,25). The lowest BCUT2D eigenvalue weighted by atomic mass is 10.0. The number of benzene rings is 2. The maximum atomic E-state index is 12.9. The Morgan fingerprint density at radius 2 is 1.60 bits per heavy atom. The largest absolute Gasteiger partial charge is 0.329 e. The van der Waals surface area contributed by atoms with Crippen LogP contribution in [0.3, 0.4) is 0 Å². The molecule has 2 aromatic carbocycles. The fraction of sp³-hybridized carbons (Fsp3) is 0. The van der Waals surface area contributed by atoms with Gasteiger partial charge in [0.2, 0.25) is 0 Å². The second-order valence-electron chi connectivity index (χ2n) is 5.86. The zero-order valence-corrected chi connectivity index (χ0v) is 16.9. The normalized spacial score (nSPS) is 14.4. The van der Waals surface area contributed by atoms with E-state index in [1.54, 1.807) is 4.34 Å². The third-order valence-electron chi connectivity index (χ3n) is 4.68. The number of nitrogens with zero attached hydrogens (tertiary/aromatic N) is 3. The van der Waals surface area contributed by atoms with E-state index >= 15 is 0 Å². The molecule has 0 saturated carbocycles. The highest BCUT2D eigenvalue weighted by atomic mass is 32.1. The van der Waals surface area contributed by atoms with E-state index in [4.69, 9.17) is 12.2 Å². The molecule has 5 rings (SSSR count). The number of nitrogens with one attached hydrogen (secondary N) is 1. The SMILES string of the molecule is O=C1c2c(c3c([nH]c(=S)n3P)c3c2c2ccccc2n3P)C(=O)N1P. The number of hydrogen-bond donors (Lipinski definition) is 1. The molecule has 6 nitrogen and oxygen atoms in total. The zero-order chi connectivity index (χ0) is 17.6. The molecule has 2 aromatic heterocycles. The number of H-pyrrole nitrogens is 1. The van der Waals surface area contributed by atoms with E-state index < -0.39 is 0 Å². The topological polar surface area (TPSA) is 63.0 Å². The minimum atomic E-state index is -0.345. The van der Waals surface area contributed by atoms with Crippen molar-refractivity contribution in [1.29, 1.82) is 0 Å². The molecule has 4 aromatic rings. The van der Waals surface area contributed by atoms with Crippen molar-refractivity contribution in [3.8, 4) is 0 Å². The maximum absolute atomic E-state index is 12.9. The summed E-state index contributed by atoms with van der Waals surface area (Å²) in [7, 11) is 7.41. The number of imidazole rings is 1. The average Bonchev–Trinajstić information content (AvgIpc) is 3.15. The first kappa shape index (κ1) is 15.6. The van der Waals surface area contributed by atoms with Crippen molar-refractivity contribution in [2.45, 2.75) is 0 Å². The molecule has 1 aliphatic heterocycles. The fourth-order valence-corrected chi connectivity index (χ4v) is 4.88. The van der Waals surface area contributed by atoms with Gasteiger partial charge in [-0.15, -0.1) is 0 Å². The second-order valence-corrected chi connectivity index (χ2v) is 7.80. The predicted octanol–water partition coefficient (Wildman–Crippen LogP) is 3.47. The minimum Gasteiger partial charge on any atom is -0.329 e. The van der Waals surface area contributed by atoms with Gasteiger partial charge in [-0.25, -0.2) is 0 Å². The van der Waals surface area contributed by atoms with Gasteiger partial charge >= 0.3 is 0 Å². The lowest BCUT2D eigenvalue weighted by molar-refractivity contribution is 0.0776. The highest BCUT2D eigenvalue weighted by Gasteiger charge is 2.39. The van der Waals surface area contributed by atoms with Crippen LogP contribution in [0, 0.1) is 4.77 Å². The minimum absolute atomic E-state index is 0.324. The fourth-order valence-electron chi connectivity index (χ4n) is 3.63. The first-order valence-electron chi connectivity index (χ1n) is 7.31. The van der Waals surface area contributed by atoms with E-state index in [1.807, 2.05) is 28.6 Å². The maximum Gasteiger partial charge on any atom is 0.266 e. The summed E-state index contributed by atoms with van der Waals surface area (Å²) >= 11 is 5.37. The molecule has 0 aliphatic carbocycles. The van der Waals surface area contributed by atoms with Crippen molar-refractivity contribution in [1.82, 2.24) is 18.3 Å². The van der Waals surface area contributed by atoms with Gasteiger partial charge in [0.25, 0.3) is 11.8 Å². The number of rotatable bonds is 0. The predicted molar refractivity (Wildman–Crippen MR) is 111 cm³/mol. The number of hydrogen-bond acceptors (Lipinski definition) is 3. The molecule has 3 atom stereocenters. The van der Waals surface area contributed by atoms with Crippen molar-refractivity contribution in [2.24, 2.45) is 0 Å². The van der Waals surface area contributed by atoms with Gasteiger partial charge < -0.3 is 13.7 Å². The molecule has 10 heteroatoms. The Labute approximate surface area is 153 Å². The summed E-state index contributed by atoms with van der Waals surface area (Å²) < 4.78 is 5.17. The summed E-state index contributed by atoms with van der Waals surface area (Å²) in [5.74, 6) is -0.668. The molecule has 124 valence electrons. The molecule has 3 unspecified atom stereocenters. The van der Waals surface area contributed by atoms with Crippen molar-refractivity contribution in [2.75, 3.05) is 0 Å². The van der Waals surface area contributed by atoms with Gasteiger partial charge in [-0.05, 0) is 46.5 Å². The first-order chi connectivity index (χ1) is 11.9. The number of para-hydroxylation sites is 1. The molecular weight excluding hydrogens is 393 g/mol. The van der Waals surface area contributed by atoms with E-state index in [9.17, 15) is 9.59 Å². The Kier molecular flexibility index (Phi) is 3.09. The van der Waals surface area contributed by atoms with Crippen LogP contribution in [0.25, 0.3) is 32.8 Å². The number of carbonyl (C=O) groups is 2. The molecule has 2 amide bonds. The smallest absolute Gasteiger partial charge is 0.266 e. The Morgan fingerprint density at radius 3 is 2.36 bits per heavy atom. The molecule has 0 spiro atoms. The summed E-state index contributed by atoms with van der Waals surface area (Å²) in [6.45, 7) is 0. The molecule has 0 bridgehead atoms. The molecule has 25 heavy (non-hydrogen) atoms. The van der Waals surface area contributed by atoms with E-state index in [2.05, 4.69) is 33.2 Å². The van der Waals surface area contributed by atoms with Crippen LogP contribution in [0.2, 0.25) is 0 Å². The summed E-state index contributed by atoms with van der Waals surface area (Å²) in [6, 6.07) is 7.80. The van der Waals surface area contributed by atoms with Gasteiger partial charge in [0.05, 0.1) is 33.2 Å². The van der Waals surface area contributed by atoms with E-state index in [-0.39, 0.29) is 11.8 Å². The third-order valence-corrected chi connectivity index (χ3v) is 6.69. The molecule has 0 radical (unpaired) electrons. The van der Waals surface area contributed by atoms with Crippen molar-refractivity contribution >= 4 is 85.0 Å². The van der Waals surface area contributed by atoms with Crippen LogP contribution >= 0.6 is 40.4 Å². The monoisotopic (exact) mass is 404 g/mol. The van der Waals surface area contributed by atoms with Gasteiger partial charge in [-0.1, -0.05) is 18.2 Å². The van der Waals surface area contributed by atoms with Crippen molar-refractivity contribution < 1.29 is 9.59 Å². The molecule has 0 saturated heterocycles. The number of amides is 2. The van der Waals surface area contributed by atoms with Crippen molar-refractivity contribution in [3.05, 3.63) is 40.2 Å². The summed E-state index contributed by atoms with van der Waals surface area (Å²) in [6.07, 6.45) is 0. The number of aromatic nitrogens is 3. The van der Waals surface area contributed by atoms with Crippen LogP contribution in [-0.4, -0.2) is 30.1 Å². The van der Waals surface area contributed by atoms with E-state index in [0.717, 1.165) is 32.0 Å². The van der Waals surface area contributed by atoms with Crippen LogP contribution in [0.4, 0.5) is 0 Å². The lowest BCUT2D eigenvalue weighted by Crippen LogP contribution is -2.17. The Bertz CT molecular complexity index is 1350. The number of carbonyl (C=O) groups excluding carboxylic acids is 2. The molecule has 1 N–H and O–H groups in total. The van der Waals surface area contributed by atoms with Crippen LogP contribution in [0.15, 0.2) is 24.3 Å². The first-order valence-corrected chi connectivity index (χ1v) is 9.26. The Morgan fingerprint density at radius 1 is 0.920 bits per heavy atom. The molecular formula is C15H11N4O2P3S. The third kappa shape index (κ3) is 1.72. The highest BCUT2D eigenvalue weighted by Crippen LogP contribution is 2.44. The summed E-state index contributed by atoms with van der Waals surface area (Å²) in [4.78, 5) is 28.8. The molecule has 1 aliphatic rings. The number of fused-ring (bicyclic) bond motifs is 8. The van der Waals surface area contributed by atoms with Gasteiger partial charge in [0, 0.05) is 10.8 Å². The zero-order valence-electron chi connectivity index (χ0n) is 12.6. The van der Waals surface area contributed by atoms with Crippen LogP contribution in [0.5, 0.6) is 0 Å². The molecule has 3 heterocycles. The molecule has 0 fully saturated rings. The summed E-state index contributed by atoms with van der Waals surface area (Å²) in [5.41, 5.74) is 3.94. The van der Waals surface area contributed by atoms with Gasteiger partial charge in [0.1, 0.15) is 0 Å². The van der Waals surface area contributed by atoms with Gasteiger partial charge in [-0.3, -0.25) is 14.3 Å². The van der Waals surface area contributed by atoms with E-state index in [0.29, 0.717) is 21.4 Å².